The first kappa shape index (κ1) is 11.8. The van der Waals surface area contributed by atoms with E-state index in [0.717, 1.165) is 16.3 Å². The van der Waals surface area contributed by atoms with Gasteiger partial charge in [-0.15, -0.1) is 11.8 Å². The summed E-state index contributed by atoms with van der Waals surface area (Å²) < 4.78 is 0. The van der Waals surface area contributed by atoms with Crippen LogP contribution in [0.4, 0.5) is 0 Å². The molecule has 2 aromatic carbocycles. The fourth-order valence-corrected chi connectivity index (χ4v) is 2.72. The predicted molar refractivity (Wildman–Crippen MR) is 71.3 cm³/mol. The van der Waals surface area contributed by atoms with Gasteiger partial charge >= 0.3 is 0 Å². The van der Waals surface area contributed by atoms with Gasteiger partial charge in [0.25, 0.3) is 0 Å². The summed E-state index contributed by atoms with van der Waals surface area (Å²) in [6.07, 6.45) is 0. The third-order valence-electron chi connectivity index (χ3n) is 2.10. The number of hydrogen-bond donors (Lipinski definition) is 0. The lowest BCUT2D eigenvalue weighted by Gasteiger charge is -2.04. The van der Waals surface area contributed by atoms with Crippen LogP contribution in [0.1, 0.15) is 5.56 Å². The highest BCUT2D eigenvalue weighted by molar-refractivity contribution is 7.98. The van der Waals surface area contributed by atoms with Crippen molar-refractivity contribution < 1.29 is 0 Å². The van der Waals surface area contributed by atoms with Gasteiger partial charge in [0.05, 0.1) is 0 Å². The smallest absolute Gasteiger partial charge is 0.0461 e. The molecule has 0 unspecified atom stereocenters. The highest BCUT2D eigenvalue weighted by Gasteiger charge is 2.02. The Bertz CT molecular complexity index is 469. The first-order valence-electron chi connectivity index (χ1n) is 4.78. The molecule has 16 heavy (non-hydrogen) atoms. The molecule has 0 aliphatic carbocycles. The van der Waals surface area contributed by atoms with Gasteiger partial charge in [0.2, 0.25) is 0 Å². The van der Waals surface area contributed by atoms with Crippen LogP contribution in [-0.2, 0) is 5.75 Å². The Morgan fingerprint density at radius 2 is 1.81 bits per heavy atom. The molecule has 0 saturated heterocycles. The van der Waals surface area contributed by atoms with Gasteiger partial charge in [-0.1, -0.05) is 41.4 Å². The van der Waals surface area contributed by atoms with Crippen LogP contribution >= 0.6 is 35.0 Å². The van der Waals surface area contributed by atoms with Crippen LogP contribution in [0, 0.1) is 6.07 Å². The largest absolute Gasteiger partial charge is 0.121 e. The third-order valence-corrected chi connectivity index (χ3v) is 3.74. The van der Waals surface area contributed by atoms with E-state index in [2.05, 4.69) is 6.07 Å². The molecule has 0 atom stereocenters. The zero-order valence-electron chi connectivity index (χ0n) is 8.41. The lowest BCUT2D eigenvalue weighted by molar-refractivity contribution is 1.38. The van der Waals surface area contributed by atoms with Gasteiger partial charge in [0.15, 0.2) is 0 Å². The molecule has 1 radical (unpaired) electrons. The number of halogens is 2. The molecule has 0 spiro atoms. The van der Waals surface area contributed by atoms with E-state index in [-0.39, 0.29) is 0 Å². The maximum absolute atomic E-state index is 6.09. The Balaban J connectivity index is 2.05. The SMILES string of the molecule is Clc1ccc(CSc2cc[c]cc2)c(Cl)c1. The molecule has 0 N–H and O–H groups in total. The van der Waals surface area contributed by atoms with E-state index in [1.807, 2.05) is 36.4 Å². The summed E-state index contributed by atoms with van der Waals surface area (Å²) in [7, 11) is 0. The molecule has 2 rings (SSSR count). The minimum atomic E-state index is 0.674. The average Bonchev–Trinajstić information content (AvgIpc) is 2.29. The topological polar surface area (TPSA) is 0 Å². The molecule has 0 aromatic heterocycles. The summed E-state index contributed by atoms with van der Waals surface area (Å²) in [5, 5.41) is 1.40. The highest BCUT2D eigenvalue weighted by atomic mass is 35.5. The Morgan fingerprint density at radius 1 is 1.06 bits per heavy atom. The quantitative estimate of drug-likeness (QED) is 0.699. The van der Waals surface area contributed by atoms with Crippen molar-refractivity contribution in [2.24, 2.45) is 0 Å². The van der Waals surface area contributed by atoms with E-state index in [1.54, 1.807) is 17.8 Å². The van der Waals surface area contributed by atoms with Gasteiger partial charge in [0, 0.05) is 20.7 Å². The van der Waals surface area contributed by atoms with E-state index in [0.29, 0.717) is 5.02 Å². The van der Waals surface area contributed by atoms with Crippen LogP contribution in [0.15, 0.2) is 47.4 Å². The first-order chi connectivity index (χ1) is 7.75. The van der Waals surface area contributed by atoms with Crippen molar-refractivity contribution in [1.29, 1.82) is 0 Å². The van der Waals surface area contributed by atoms with Crippen LogP contribution in [0.5, 0.6) is 0 Å². The minimum Gasteiger partial charge on any atom is -0.121 e. The second-order valence-corrected chi connectivity index (χ2v) is 5.15. The molecule has 0 bridgehead atoms. The maximum Gasteiger partial charge on any atom is 0.0461 e. The van der Waals surface area contributed by atoms with Gasteiger partial charge < -0.3 is 0 Å². The molecule has 0 heterocycles. The van der Waals surface area contributed by atoms with Crippen LogP contribution < -0.4 is 0 Å². The standard InChI is InChI=1S/C13H9Cl2S/c14-11-7-6-10(13(15)8-11)9-16-12-4-2-1-3-5-12/h2-8H,9H2. The second-order valence-electron chi connectivity index (χ2n) is 3.26. The molecule has 0 aliphatic heterocycles. The van der Waals surface area contributed by atoms with E-state index in [4.69, 9.17) is 23.2 Å². The van der Waals surface area contributed by atoms with Crippen LogP contribution in [0.2, 0.25) is 10.0 Å². The molecular formula is C13H9Cl2S. The summed E-state index contributed by atoms with van der Waals surface area (Å²) in [4.78, 5) is 1.21. The lowest BCUT2D eigenvalue weighted by atomic mass is 10.2. The van der Waals surface area contributed by atoms with Gasteiger partial charge in [0.1, 0.15) is 0 Å². The molecule has 2 aromatic rings. The van der Waals surface area contributed by atoms with Crippen molar-refractivity contribution in [3.05, 3.63) is 64.1 Å². The summed E-state index contributed by atoms with van der Waals surface area (Å²) in [6.45, 7) is 0. The van der Waals surface area contributed by atoms with E-state index >= 15 is 0 Å². The predicted octanol–water partition coefficient (Wildman–Crippen LogP) is 5.09. The van der Waals surface area contributed by atoms with Crippen LogP contribution in [0.25, 0.3) is 0 Å². The zero-order valence-corrected chi connectivity index (χ0v) is 10.7. The Hall–Kier alpha value is -0.630. The number of benzene rings is 2. The first-order valence-corrected chi connectivity index (χ1v) is 6.53. The van der Waals surface area contributed by atoms with Crippen molar-refractivity contribution in [1.82, 2.24) is 0 Å². The Kier molecular flexibility index (Phi) is 4.16. The highest BCUT2D eigenvalue weighted by Crippen LogP contribution is 2.28. The van der Waals surface area contributed by atoms with Crippen molar-refractivity contribution in [2.75, 3.05) is 0 Å². The van der Waals surface area contributed by atoms with Gasteiger partial charge in [-0.3, -0.25) is 0 Å². The van der Waals surface area contributed by atoms with Crippen molar-refractivity contribution >= 4 is 35.0 Å². The minimum absolute atomic E-state index is 0.674. The fourth-order valence-electron chi connectivity index (χ4n) is 1.27. The molecule has 0 fully saturated rings. The summed E-state index contributed by atoms with van der Waals surface area (Å²) in [5.41, 5.74) is 1.10. The van der Waals surface area contributed by atoms with Crippen LogP contribution in [-0.4, -0.2) is 0 Å². The number of rotatable bonds is 3. The lowest BCUT2D eigenvalue weighted by Crippen LogP contribution is -1.82. The third kappa shape index (κ3) is 3.18. The molecule has 0 nitrogen and oxygen atoms in total. The molecule has 0 amide bonds. The zero-order chi connectivity index (χ0) is 11.4. The molecular weight excluding hydrogens is 259 g/mol. The van der Waals surface area contributed by atoms with Crippen molar-refractivity contribution in [3.8, 4) is 0 Å². The number of hydrogen-bond acceptors (Lipinski definition) is 1. The molecule has 81 valence electrons. The average molecular weight is 268 g/mol. The van der Waals surface area contributed by atoms with Crippen molar-refractivity contribution in [3.63, 3.8) is 0 Å². The second kappa shape index (κ2) is 5.62. The molecule has 0 saturated carbocycles. The van der Waals surface area contributed by atoms with E-state index in [9.17, 15) is 0 Å². The summed E-state index contributed by atoms with van der Waals surface area (Å²) >= 11 is 13.7. The Labute approximate surface area is 110 Å². The van der Waals surface area contributed by atoms with Crippen molar-refractivity contribution in [2.45, 2.75) is 10.6 Å². The summed E-state index contributed by atoms with van der Waals surface area (Å²) in [5.74, 6) is 0.847. The number of thioether (sulfide) groups is 1. The van der Waals surface area contributed by atoms with E-state index in [1.165, 1.54) is 4.90 Å². The Morgan fingerprint density at radius 3 is 2.50 bits per heavy atom. The fraction of sp³-hybridized carbons (Fsp3) is 0.0769. The summed E-state index contributed by atoms with van der Waals surface area (Å²) in [6, 6.07) is 16.5. The molecule has 0 aliphatic rings. The van der Waals surface area contributed by atoms with Gasteiger partial charge in [-0.25, -0.2) is 0 Å². The van der Waals surface area contributed by atoms with Gasteiger partial charge in [-0.2, -0.15) is 0 Å². The molecule has 3 heteroatoms. The van der Waals surface area contributed by atoms with Gasteiger partial charge in [-0.05, 0) is 35.9 Å². The van der Waals surface area contributed by atoms with Crippen LogP contribution in [0.3, 0.4) is 0 Å². The monoisotopic (exact) mass is 267 g/mol. The normalized spacial score (nSPS) is 10.4. The maximum atomic E-state index is 6.09. The van der Waals surface area contributed by atoms with E-state index < -0.39 is 0 Å².